The van der Waals surface area contributed by atoms with E-state index >= 15 is 0 Å². The molecule has 3 aromatic heterocycles. The summed E-state index contributed by atoms with van der Waals surface area (Å²) >= 11 is 0. The number of carbonyl (C=O) groups excluding carboxylic acids is 1. The molecular formula is C28H31N5O2. The Morgan fingerprint density at radius 2 is 1.57 bits per heavy atom. The SMILES string of the molecule is CC(=O)Nc1cccc2c(OCC(C)C)cc(CN(Cc3ccccn3)Cc3ccccn3)nc12. The van der Waals surface area contributed by atoms with Gasteiger partial charge in [0.15, 0.2) is 0 Å². The Labute approximate surface area is 206 Å². The number of amides is 1. The number of benzene rings is 1. The average Bonchev–Trinajstić information content (AvgIpc) is 2.84. The van der Waals surface area contributed by atoms with Crippen LogP contribution in [0.4, 0.5) is 5.69 Å². The molecule has 0 aliphatic rings. The zero-order chi connectivity index (χ0) is 24.6. The number of fused-ring (bicyclic) bond motifs is 1. The highest BCUT2D eigenvalue weighted by atomic mass is 16.5. The van der Waals surface area contributed by atoms with Gasteiger partial charge in [-0.15, -0.1) is 0 Å². The summed E-state index contributed by atoms with van der Waals surface area (Å²) in [5, 5.41) is 3.79. The number of anilines is 1. The van der Waals surface area contributed by atoms with Gasteiger partial charge in [0.25, 0.3) is 0 Å². The third-order valence-electron chi connectivity index (χ3n) is 5.35. The molecule has 0 fully saturated rings. The molecule has 3 heterocycles. The molecule has 0 atom stereocenters. The standard InChI is InChI=1S/C28H31N5O2/c1-20(2)19-35-27-15-24(32-28-25(27)11-8-12-26(28)31-21(3)34)18-33(16-22-9-4-6-13-29-22)17-23-10-5-7-14-30-23/h4-15,20H,16-19H2,1-3H3,(H,31,34). The van der Waals surface area contributed by atoms with Crippen LogP contribution in [-0.4, -0.2) is 32.4 Å². The van der Waals surface area contributed by atoms with Crippen LogP contribution in [0.3, 0.4) is 0 Å². The van der Waals surface area contributed by atoms with Crippen molar-refractivity contribution in [2.45, 2.75) is 40.4 Å². The second-order valence-corrected chi connectivity index (χ2v) is 8.99. The summed E-state index contributed by atoms with van der Waals surface area (Å²) in [6.07, 6.45) is 3.61. The van der Waals surface area contributed by atoms with Crippen LogP contribution in [0.1, 0.15) is 37.9 Å². The van der Waals surface area contributed by atoms with Crippen LogP contribution in [0.2, 0.25) is 0 Å². The van der Waals surface area contributed by atoms with Crippen LogP contribution in [0.5, 0.6) is 5.75 Å². The van der Waals surface area contributed by atoms with Crippen molar-refractivity contribution in [3.63, 3.8) is 0 Å². The lowest BCUT2D eigenvalue weighted by Crippen LogP contribution is -2.24. The number of rotatable bonds is 10. The number of carbonyl (C=O) groups is 1. The van der Waals surface area contributed by atoms with Crippen molar-refractivity contribution in [2.24, 2.45) is 5.92 Å². The number of para-hydroxylation sites is 1. The van der Waals surface area contributed by atoms with Crippen molar-refractivity contribution < 1.29 is 9.53 Å². The van der Waals surface area contributed by atoms with E-state index in [1.165, 1.54) is 6.92 Å². The molecule has 0 saturated carbocycles. The zero-order valence-electron chi connectivity index (χ0n) is 20.4. The van der Waals surface area contributed by atoms with Gasteiger partial charge in [-0.05, 0) is 42.3 Å². The first kappa shape index (κ1) is 24.3. The number of nitrogens with zero attached hydrogens (tertiary/aromatic N) is 4. The summed E-state index contributed by atoms with van der Waals surface area (Å²) in [6, 6.07) is 19.6. The Morgan fingerprint density at radius 1 is 0.914 bits per heavy atom. The van der Waals surface area contributed by atoms with E-state index in [0.717, 1.165) is 33.7 Å². The van der Waals surface area contributed by atoms with Gasteiger partial charge in [0, 0.05) is 50.4 Å². The predicted octanol–water partition coefficient (Wildman–Crippen LogP) is 5.22. The number of ether oxygens (including phenoxy) is 1. The zero-order valence-corrected chi connectivity index (χ0v) is 20.4. The Balaban J connectivity index is 1.71. The first-order valence-corrected chi connectivity index (χ1v) is 11.8. The van der Waals surface area contributed by atoms with Crippen LogP contribution in [-0.2, 0) is 24.4 Å². The van der Waals surface area contributed by atoms with Crippen LogP contribution in [0, 0.1) is 5.92 Å². The van der Waals surface area contributed by atoms with Gasteiger partial charge in [-0.1, -0.05) is 32.0 Å². The summed E-state index contributed by atoms with van der Waals surface area (Å²) in [5.41, 5.74) is 4.18. The van der Waals surface area contributed by atoms with E-state index in [2.05, 4.69) is 34.0 Å². The van der Waals surface area contributed by atoms with E-state index in [0.29, 0.717) is 37.8 Å². The molecule has 1 aromatic carbocycles. The number of aromatic nitrogens is 3. The van der Waals surface area contributed by atoms with Gasteiger partial charge < -0.3 is 10.1 Å². The quantitative estimate of drug-likeness (QED) is 0.343. The molecular weight excluding hydrogens is 438 g/mol. The number of nitrogens with one attached hydrogen (secondary N) is 1. The average molecular weight is 470 g/mol. The lowest BCUT2D eigenvalue weighted by atomic mass is 10.1. The van der Waals surface area contributed by atoms with Crippen LogP contribution < -0.4 is 10.1 Å². The molecule has 0 saturated heterocycles. The fourth-order valence-electron chi connectivity index (χ4n) is 3.85. The van der Waals surface area contributed by atoms with E-state index < -0.39 is 0 Å². The molecule has 0 unspecified atom stereocenters. The maximum Gasteiger partial charge on any atom is 0.221 e. The molecule has 1 N–H and O–H groups in total. The van der Waals surface area contributed by atoms with E-state index in [4.69, 9.17) is 9.72 Å². The third-order valence-corrected chi connectivity index (χ3v) is 5.35. The van der Waals surface area contributed by atoms with Gasteiger partial charge in [0.1, 0.15) is 5.75 Å². The summed E-state index contributed by atoms with van der Waals surface area (Å²) < 4.78 is 6.20. The molecule has 4 aromatic rings. The predicted molar refractivity (Wildman–Crippen MR) is 138 cm³/mol. The molecule has 0 aliphatic heterocycles. The van der Waals surface area contributed by atoms with Gasteiger partial charge >= 0.3 is 0 Å². The number of hydrogen-bond acceptors (Lipinski definition) is 6. The van der Waals surface area contributed by atoms with Crippen molar-refractivity contribution in [3.05, 3.63) is 90.1 Å². The molecule has 180 valence electrons. The van der Waals surface area contributed by atoms with E-state index in [-0.39, 0.29) is 5.91 Å². The Morgan fingerprint density at radius 3 is 2.14 bits per heavy atom. The van der Waals surface area contributed by atoms with E-state index in [1.54, 1.807) is 12.4 Å². The van der Waals surface area contributed by atoms with Gasteiger partial charge in [0.05, 0.1) is 34.9 Å². The highest BCUT2D eigenvalue weighted by molar-refractivity contribution is 6.01. The molecule has 0 bridgehead atoms. The van der Waals surface area contributed by atoms with Gasteiger partial charge in [-0.25, -0.2) is 4.98 Å². The second-order valence-electron chi connectivity index (χ2n) is 8.99. The van der Waals surface area contributed by atoms with Gasteiger partial charge in [-0.2, -0.15) is 0 Å². The fraction of sp³-hybridized carbons (Fsp3) is 0.286. The molecule has 4 rings (SSSR count). The van der Waals surface area contributed by atoms with Gasteiger partial charge in [0.2, 0.25) is 5.91 Å². The maximum absolute atomic E-state index is 11.8. The summed E-state index contributed by atoms with van der Waals surface area (Å²) in [4.78, 5) is 28.1. The summed E-state index contributed by atoms with van der Waals surface area (Å²) in [7, 11) is 0. The Bertz CT molecular complexity index is 1220. The minimum atomic E-state index is -0.138. The van der Waals surface area contributed by atoms with Crippen molar-refractivity contribution in [1.82, 2.24) is 19.9 Å². The normalized spacial score (nSPS) is 11.2. The van der Waals surface area contributed by atoms with Crippen molar-refractivity contribution >= 4 is 22.5 Å². The fourth-order valence-corrected chi connectivity index (χ4v) is 3.85. The number of pyridine rings is 3. The number of hydrogen-bond donors (Lipinski definition) is 1. The molecule has 0 aliphatic carbocycles. The van der Waals surface area contributed by atoms with Crippen LogP contribution in [0.25, 0.3) is 10.9 Å². The molecule has 7 heteroatoms. The lowest BCUT2D eigenvalue weighted by Gasteiger charge is -2.22. The minimum Gasteiger partial charge on any atom is -0.493 e. The van der Waals surface area contributed by atoms with Crippen LogP contribution in [0.15, 0.2) is 73.1 Å². The summed E-state index contributed by atoms with van der Waals surface area (Å²) in [6.45, 7) is 8.19. The summed E-state index contributed by atoms with van der Waals surface area (Å²) in [5.74, 6) is 1.01. The van der Waals surface area contributed by atoms with Crippen molar-refractivity contribution in [1.29, 1.82) is 0 Å². The second kappa shape index (κ2) is 11.5. The van der Waals surface area contributed by atoms with Crippen molar-refractivity contribution in [2.75, 3.05) is 11.9 Å². The minimum absolute atomic E-state index is 0.138. The van der Waals surface area contributed by atoms with E-state index in [1.807, 2.05) is 60.7 Å². The van der Waals surface area contributed by atoms with E-state index in [9.17, 15) is 4.79 Å². The third kappa shape index (κ3) is 6.83. The molecule has 1 amide bonds. The molecule has 7 nitrogen and oxygen atoms in total. The topological polar surface area (TPSA) is 80.2 Å². The van der Waals surface area contributed by atoms with Crippen molar-refractivity contribution in [3.8, 4) is 5.75 Å². The molecule has 35 heavy (non-hydrogen) atoms. The Hall–Kier alpha value is -3.84. The van der Waals surface area contributed by atoms with Gasteiger partial charge in [-0.3, -0.25) is 19.7 Å². The first-order valence-electron chi connectivity index (χ1n) is 11.8. The largest absolute Gasteiger partial charge is 0.493 e. The Kier molecular flexibility index (Phi) is 8.00. The highest BCUT2D eigenvalue weighted by Gasteiger charge is 2.16. The lowest BCUT2D eigenvalue weighted by molar-refractivity contribution is -0.114. The highest BCUT2D eigenvalue weighted by Crippen LogP contribution is 2.31. The molecule has 0 spiro atoms. The first-order chi connectivity index (χ1) is 17.0. The maximum atomic E-state index is 11.8. The van der Waals surface area contributed by atoms with Crippen LogP contribution >= 0.6 is 0 Å². The monoisotopic (exact) mass is 469 g/mol. The molecule has 0 radical (unpaired) electrons. The smallest absolute Gasteiger partial charge is 0.221 e.